The average molecular weight is 281 g/mol. The lowest BCUT2D eigenvalue weighted by atomic mass is 10.0. The Labute approximate surface area is 110 Å². The average Bonchev–Trinajstić information content (AvgIpc) is 2.38. The van der Waals surface area contributed by atoms with Crippen molar-refractivity contribution in [3.05, 3.63) is 54.6 Å². The van der Waals surface area contributed by atoms with Crippen LogP contribution in [0.5, 0.6) is 0 Å². The Kier molecular flexibility index (Phi) is 2.88. The number of fused-ring (bicyclic) bond motifs is 3. The molecule has 0 aliphatic rings. The molecule has 0 unspecified atom stereocenters. The van der Waals surface area contributed by atoms with Gasteiger partial charge in [0, 0.05) is 0 Å². The molecule has 16 heavy (non-hydrogen) atoms. The van der Waals surface area contributed by atoms with Crippen LogP contribution in [0.3, 0.4) is 0 Å². The molecule has 0 saturated heterocycles. The van der Waals surface area contributed by atoms with E-state index < -0.39 is 0 Å². The second kappa shape index (κ2) is 4.36. The highest BCUT2D eigenvalue weighted by atomic mass is 79.9. The maximum Gasteiger partial charge on any atom is 0.507 e. The second-order valence-corrected chi connectivity index (χ2v) is 6.65. The normalized spacial score (nSPS) is 10.6. The molecule has 0 aliphatic carbocycles. The highest BCUT2D eigenvalue weighted by Crippen LogP contribution is 2.23. The molecule has 0 saturated carbocycles. The van der Waals surface area contributed by atoms with Crippen molar-refractivity contribution in [1.29, 1.82) is 0 Å². The van der Waals surface area contributed by atoms with Crippen LogP contribution in [0.15, 0.2) is 54.6 Å². The predicted molar refractivity (Wildman–Crippen MR) is 75.8 cm³/mol. The van der Waals surface area contributed by atoms with Crippen LogP contribution in [0.4, 0.5) is 0 Å². The maximum atomic E-state index is 3.70. The van der Waals surface area contributed by atoms with Gasteiger partial charge in [-0.1, -0.05) is 54.6 Å². The maximum absolute atomic E-state index is 3.70. The van der Waals surface area contributed by atoms with Crippen molar-refractivity contribution in [3.8, 4) is 0 Å². The molecule has 0 aliphatic heterocycles. The van der Waals surface area contributed by atoms with E-state index in [9.17, 15) is 0 Å². The molecule has 74 valence electrons. The largest absolute Gasteiger partial charge is 0.507 e. The Morgan fingerprint density at radius 3 is 2.12 bits per heavy atom. The Morgan fingerprint density at radius 2 is 1.38 bits per heavy atom. The Hall–Kier alpha value is -0.574. The van der Waals surface area contributed by atoms with Crippen LogP contribution in [0.1, 0.15) is 0 Å². The van der Waals surface area contributed by atoms with Gasteiger partial charge in [-0.15, -0.1) is 3.69 Å². The fourth-order valence-electron chi connectivity index (χ4n) is 2.24. The van der Waals surface area contributed by atoms with Crippen LogP contribution in [0.25, 0.3) is 21.5 Å². The van der Waals surface area contributed by atoms with Crippen molar-refractivity contribution < 1.29 is 0 Å². The molecule has 0 nitrogen and oxygen atoms in total. The number of hydrogen-bond acceptors (Lipinski definition) is 0. The van der Waals surface area contributed by atoms with Crippen LogP contribution < -0.4 is 3.69 Å². The molecule has 0 aromatic heterocycles. The van der Waals surface area contributed by atoms with Gasteiger partial charge in [0.15, 0.2) is 0 Å². The zero-order valence-corrected chi connectivity index (χ0v) is 11.8. The van der Waals surface area contributed by atoms with Crippen molar-refractivity contribution in [2.24, 2.45) is 0 Å². The quantitative estimate of drug-likeness (QED) is 0.472. The molecule has 3 aromatic carbocycles. The lowest BCUT2D eigenvalue weighted by Gasteiger charge is -2.08. The van der Waals surface area contributed by atoms with Gasteiger partial charge in [-0.3, -0.25) is 12.9 Å². The summed E-state index contributed by atoms with van der Waals surface area (Å²) in [5, 5.41) is 5.49. The van der Waals surface area contributed by atoms with E-state index in [0.717, 1.165) is 0 Å². The summed E-state index contributed by atoms with van der Waals surface area (Å²) in [4.78, 5) is 0. The molecule has 0 atom stereocenters. The van der Waals surface area contributed by atoms with E-state index in [1.54, 1.807) is 0 Å². The van der Waals surface area contributed by atoms with E-state index in [2.05, 4.69) is 67.5 Å². The fraction of sp³-hybridized carbons (Fsp3) is 0. The highest BCUT2D eigenvalue weighted by Gasteiger charge is 2.05. The lowest BCUT2D eigenvalue weighted by molar-refractivity contribution is 1.78. The summed E-state index contributed by atoms with van der Waals surface area (Å²) in [6, 6.07) is 19.6. The first kappa shape index (κ1) is 10.6. The first-order valence-corrected chi connectivity index (χ1v) is 9.96. The van der Waals surface area contributed by atoms with Crippen LogP contribution in [0, 0.1) is 0 Å². The van der Waals surface area contributed by atoms with Gasteiger partial charge >= 0.3 is 18.2 Å². The van der Waals surface area contributed by atoms with Crippen molar-refractivity contribution in [2.45, 2.75) is 0 Å². The van der Waals surface area contributed by atoms with Gasteiger partial charge in [0.1, 0.15) is 0 Å². The minimum atomic E-state index is -0.306. The number of benzene rings is 3. The molecular formula is C14H9BrMg. The van der Waals surface area contributed by atoms with E-state index in [1.807, 2.05) is 0 Å². The van der Waals surface area contributed by atoms with Gasteiger partial charge in [0.25, 0.3) is 0 Å². The number of hydrogen-bond donors (Lipinski definition) is 0. The summed E-state index contributed by atoms with van der Waals surface area (Å²) in [6.45, 7) is 0. The number of rotatable bonds is 1. The van der Waals surface area contributed by atoms with Crippen molar-refractivity contribution in [2.75, 3.05) is 0 Å². The van der Waals surface area contributed by atoms with Crippen LogP contribution in [0.2, 0.25) is 0 Å². The SMILES string of the molecule is [Br][Mg][c]1cc2ccccc2c2ccccc12. The molecule has 0 N–H and O–H groups in total. The number of halogens is 1. The molecule has 0 bridgehead atoms. The Bertz CT molecular complexity index is 661. The zero-order valence-electron chi connectivity index (χ0n) is 8.78. The monoisotopic (exact) mass is 280 g/mol. The summed E-state index contributed by atoms with van der Waals surface area (Å²) < 4.78 is 1.49. The lowest BCUT2D eigenvalue weighted by Crippen LogP contribution is -2.09. The van der Waals surface area contributed by atoms with Gasteiger partial charge in [0.2, 0.25) is 0 Å². The molecular weight excluding hydrogens is 272 g/mol. The van der Waals surface area contributed by atoms with Crippen LogP contribution in [-0.4, -0.2) is 18.2 Å². The summed E-state index contributed by atoms with van der Waals surface area (Å²) in [6.07, 6.45) is 0. The molecule has 3 aromatic rings. The highest BCUT2D eigenvalue weighted by molar-refractivity contribution is 9.23. The minimum Gasteiger partial charge on any atom is -0.296 e. The molecule has 0 amide bonds. The summed E-state index contributed by atoms with van der Waals surface area (Å²) >= 11 is 3.40. The zero-order chi connectivity index (χ0) is 11.0. The Balaban J connectivity index is 2.57. The van der Waals surface area contributed by atoms with Gasteiger partial charge < -0.3 is 0 Å². The van der Waals surface area contributed by atoms with Crippen molar-refractivity contribution >= 4 is 56.3 Å². The topological polar surface area (TPSA) is 0 Å². The van der Waals surface area contributed by atoms with E-state index >= 15 is 0 Å². The van der Waals surface area contributed by atoms with Crippen molar-refractivity contribution in [3.63, 3.8) is 0 Å². The first-order valence-electron chi connectivity index (χ1n) is 5.35. The summed E-state index contributed by atoms with van der Waals surface area (Å²) in [7, 11) is 0. The molecule has 2 heteroatoms. The fourth-order valence-corrected chi connectivity index (χ4v) is 4.38. The molecule has 3 rings (SSSR count). The van der Waals surface area contributed by atoms with Crippen LogP contribution in [-0.2, 0) is 0 Å². The summed E-state index contributed by atoms with van der Waals surface area (Å²) in [5.74, 6) is 0. The standard InChI is InChI=1S/C14H9.BrH.Mg/c1-3-7-13-11(5-1)9-10-12-6-2-4-8-14(12)13;;/h1-9H;1H;/q;;+1/p-1. The minimum absolute atomic E-state index is 0.306. The van der Waals surface area contributed by atoms with Gasteiger partial charge in [-0.05, 0) is 21.5 Å². The molecule has 0 fully saturated rings. The molecule has 0 spiro atoms. The smallest absolute Gasteiger partial charge is 0.296 e. The second-order valence-electron chi connectivity index (χ2n) is 3.94. The van der Waals surface area contributed by atoms with Gasteiger partial charge in [-0.25, -0.2) is 0 Å². The van der Waals surface area contributed by atoms with Crippen LogP contribution >= 0.6 is 12.9 Å². The van der Waals surface area contributed by atoms with E-state index in [-0.39, 0.29) is 18.2 Å². The van der Waals surface area contributed by atoms with E-state index in [1.165, 1.54) is 25.2 Å². The van der Waals surface area contributed by atoms with Gasteiger partial charge in [-0.2, -0.15) is 0 Å². The van der Waals surface area contributed by atoms with Gasteiger partial charge in [0.05, 0.1) is 0 Å². The third-order valence-corrected chi connectivity index (χ3v) is 5.68. The predicted octanol–water partition coefficient (Wildman–Crippen LogP) is 3.63. The summed E-state index contributed by atoms with van der Waals surface area (Å²) in [5.41, 5.74) is 0. The third-order valence-electron chi connectivity index (χ3n) is 3.00. The van der Waals surface area contributed by atoms with E-state index in [0.29, 0.717) is 0 Å². The molecule has 0 radical (unpaired) electrons. The van der Waals surface area contributed by atoms with E-state index in [4.69, 9.17) is 0 Å². The first-order chi connectivity index (χ1) is 7.90. The Morgan fingerprint density at radius 1 is 0.750 bits per heavy atom. The molecule has 0 heterocycles. The third kappa shape index (κ3) is 1.65. The van der Waals surface area contributed by atoms with Crippen molar-refractivity contribution in [1.82, 2.24) is 0 Å².